The molecule has 0 spiro atoms. The summed E-state index contributed by atoms with van der Waals surface area (Å²) in [6.45, 7) is 2.24. The first-order valence-electron chi connectivity index (χ1n) is 8.74. The Morgan fingerprint density at radius 1 is 1.07 bits per heavy atom. The lowest BCUT2D eigenvalue weighted by Gasteiger charge is -2.15. The van der Waals surface area contributed by atoms with Gasteiger partial charge in [-0.2, -0.15) is 0 Å². The van der Waals surface area contributed by atoms with Crippen molar-refractivity contribution in [2.24, 2.45) is 5.73 Å². The molecule has 2 aromatic carbocycles. The van der Waals surface area contributed by atoms with Gasteiger partial charge in [-0.1, -0.05) is 30.3 Å². The molecule has 1 unspecified atom stereocenters. The highest BCUT2D eigenvalue weighted by Gasteiger charge is 2.17. The fraction of sp³-hybridized carbons (Fsp3) is 0.143. The van der Waals surface area contributed by atoms with Gasteiger partial charge in [0.2, 0.25) is 5.91 Å². The molecule has 3 rings (SSSR count). The van der Waals surface area contributed by atoms with E-state index in [1.807, 2.05) is 54.6 Å². The highest BCUT2D eigenvalue weighted by atomic mass is 32.1. The van der Waals surface area contributed by atoms with Crippen molar-refractivity contribution in [1.82, 2.24) is 0 Å². The molecule has 1 atom stereocenters. The van der Waals surface area contributed by atoms with E-state index in [1.165, 1.54) is 11.3 Å². The molecule has 2 amide bonds. The van der Waals surface area contributed by atoms with Gasteiger partial charge in [-0.05, 0) is 48.2 Å². The van der Waals surface area contributed by atoms with E-state index in [4.69, 9.17) is 10.5 Å². The Morgan fingerprint density at radius 3 is 2.46 bits per heavy atom. The van der Waals surface area contributed by atoms with Crippen LogP contribution in [0.15, 0.2) is 66.0 Å². The Kier molecular flexibility index (Phi) is 6.29. The summed E-state index contributed by atoms with van der Waals surface area (Å²) in [5, 5.41) is 8.02. The summed E-state index contributed by atoms with van der Waals surface area (Å²) < 4.78 is 5.76. The number of amides is 2. The van der Waals surface area contributed by atoms with Gasteiger partial charge in [-0.25, -0.2) is 0 Å². The topological polar surface area (TPSA) is 93.4 Å². The number of hydrogen-bond acceptors (Lipinski definition) is 5. The van der Waals surface area contributed by atoms with Crippen molar-refractivity contribution in [2.45, 2.75) is 19.6 Å². The average Bonchev–Trinajstić information content (AvgIpc) is 3.16. The van der Waals surface area contributed by atoms with Crippen LogP contribution in [0.4, 0.5) is 10.7 Å². The van der Waals surface area contributed by atoms with Crippen molar-refractivity contribution in [3.05, 3.63) is 77.2 Å². The van der Waals surface area contributed by atoms with Crippen LogP contribution >= 0.6 is 11.3 Å². The number of anilines is 2. The third-order valence-corrected chi connectivity index (χ3v) is 4.88. The van der Waals surface area contributed by atoms with E-state index in [9.17, 15) is 9.59 Å². The summed E-state index contributed by atoms with van der Waals surface area (Å²) in [4.78, 5) is 23.7. The van der Waals surface area contributed by atoms with E-state index in [-0.39, 0.29) is 5.91 Å². The lowest BCUT2D eigenvalue weighted by molar-refractivity contribution is -0.116. The quantitative estimate of drug-likeness (QED) is 0.540. The van der Waals surface area contributed by atoms with Crippen molar-refractivity contribution >= 4 is 33.8 Å². The molecule has 6 nitrogen and oxygen atoms in total. The second-order valence-electron chi connectivity index (χ2n) is 6.18. The number of ether oxygens (including phenoxy) is 1. The molecular weight excluding hydrogens is 374 g/mol. The summed E-state index contributed by atoms with van der Waals surface area (Å²) >= 11 is 1.26. The van der Waals surface area contributed by atoms with Gasteiger partial charge >= 0.3 is 0 Å². The van der Waals surface area contributed by atoms with Gasteiger partial charge < -0.3 is 21.1 Å². The highest BCUT2D eigenvalue weighted by Crippen LogP contribution is 2.23. The SMILES string of the molecule is CC(Nc1ccc(OCc2ccccc2)cc1)C(=O)Nc1sccc1C(N)=O. The smallest absolute Gasteiger partial charge is 0.251 e. The number of nitrogens with two attached hydrogens (primary N) is 1. The summed E-state index contributed by atoms with van der Waals surface area (Å²) in [6.07, 6.45) is 0. The molecule has 0 fully saturated rings. The number of carbonyl (C=O) groups is 2. The third-order valence-electron chi connectivity index (χ3n) is 4.05. The summed E-state index contributed by atoms with van der Waals surface area (Å²) in [5.41, 5.74) is 7.49. The summed E-state index contributed by atoms with van der Waals surface area (Å²) in [7, 11) is 0. The standard InChI is InChI=1S/C21H21N3O3S/c1-14(20(26)24-21-18(19(22)25)11-12-28-21)23-16-7-9-17(10-8-16)27-13-15-5-3-2-4-6-15/h2-12,14,23H,13H2,1H3,(H2,22,25)(H,24,26). The first kappa shape index (κ1) is 19.4. The van der Waals surface area contributed by atoms with Crippen molar-refractivity contribution in [1.29, 1.82) is 0 Å². The number of thiophene rings is 1. The zero-order valence-electron chi connectivity index (χ0n) is 15.3. The predicted molar refractivity (Wildman–Crippen MR) is 112 cm³/mol. The highest BCUT2D eigenvalue weighted by molar-refractivity contribution is 7.14. The van der Waals surface area contributed by atoms with Gasteiger partial charge in [-0.15, -0.1) is 11.3 Å². The number of benzene rings is 2. The van der Waals surface area contributed by atoms with Crippen molar-refractivity contribution in [3.63, 3.8) is 0 Å². The van der Waals surface area contributed by atoms with Crippen molar-refractivity contribution in [2.75, 3.05) is 10.6 Å². The molecule has 7 heteroatoms. The van der Waals surface area contributed by atoms with Gasteiger partial charge in [0, 0.05) is 5.69 Å². The molecule has 3 aromatic rings. The minimum atomic E-state index is -0.566. The van der Waals surface area contributed by atoms with Gasteiger partial charge in [0.1, 0.15) is 23.4 Å². The van der Waals surface area contributed by atoms with E-state index in [0.717, 1.165) is 17.0 Å². The number of hydrogen-bond donors (Lipinski definition) is 3. The molecule has 1 heterocycles. The largest absolute Gasteiger partial charge is 0.489 e. The van der Waals surface area contributed by atoms with E-state index in [1.54, 1.807) is 18.4 Å². The number of nitrogens with one attached hydrogen (secondary N) is 2. The Labute approximate surface area is 167 Å². The van der Waals surface area contributed by atoms with Crippen LogP contribution in [-0.4, -0.2) is 17.9 Å². The van der Waals surface area contributed by atoms with E-state index < -0.39 is 11.9 Å². The predicted octanol–water partition coefficient (Wildman–Crippen LogP) is 3.87. The molecule has 4 N–H and O–H groups in total. The second kappa shape index (κ2) is 9.05. The molecule has 0 aliphatic heterocycles. The van der Waals surface area contributed by atoms with Crippen LogP contribution in [0.5, 0.6) is 5.75 Å². The third kappa shape index (κ3) is 5.11. The molecule has 0 aliphatic rings. The Morgan fingerprint density at radius 2 is 1.79 bits per heavy atom. The normalized spacial score (nSPS) is 11.5. The maximum Gasteiger partial charge on any atom is 0.251 e. The second-order valence-corrected chi connectivity index (χ2v) is 7.10. The van der Waals surface area contributed by atoms with Gasteiger partial charge in [0.25, 0.3) is 5.91 Å². The van der Waals surface area contributed by atoms with E-state index >= 15 is 0 Å². The monoisotopic (exact) mass is 395 g/mol. The van der Waals surface area contributed by atoms with E-state index in [0.29, 0.717) is 17.2 Å². The molecule has 0 radical (unpaired) electrons. The van der Waals surface area contributed by atoms with Crippen LogP contribution in [0, 0.1) is 0 Å². The Balaban J connectivity index is 1.53. The summed E-state index contributed by atoms with van der Waals surface area (Å²) in [6, 6.07) is 18.4. The zero-order chi connectivity index (χ0) is 19.9. The molecule has 0 saturated heterocycles. The molecule has 28 heavy (non-hydrogen) atoms. The van der Waals surface area contributed by atoms with Crippen LogP contribution in [-0.2, 0) is 11.4 Å². The molecule has 1 aromatic heterocycles. The van der Waals surface area contributed by atoms with E-state index in [2.05, 4.69) is 10.6 Å². The maximum absolute atomic E-state index is 12.4. The summed E-state index contributed by atoms with van der Waals surface area (Å²) in [5.74, 6) is -0.0752. The maximum atomic E-state index is 12.4. The van der Waals surface area contributed by atoms with Crippen molar-refractivity contribution in [3.8, 4) is 5.75 Å². The fourth-order valence-electron chi connectivity index (χ4n) is 2.52. The lowest BCUT2D eigenvalue weighted by Crippen LogP contribution is -2.32. The molecule has 0 bridgehead atoms. The zero-order valence-corrected chi connectivity index (χ0v) is 16.2. The number of carbonyl (C=O) groups excluding carboxylic acids is 2. The molecule has 0 saturated carbocycles. The van der Waals surface area contributed by atoms with Gasteiger partial charge in [0.05, 0.1) is 5.56 Å². The van der Waals surface area contributed by atoms with Crippen LogP contribution in [0.2, 0.25) is 0 Å². The minimum Gasteiger partial charge on any atom is -0.489 e. The lowest BCUT2D eigenvalue weighted by atomic mass is 10.2. The van der Waals surface area contributed by atoms with Crippen LogP contribution in [0.1, 0.15) is 22.8 Å². The van der Waals surface area contributed by atoms with Gasteiger partial charge in [-0.3, -0.25) is 9.59 Å². The average molecular weight is 395 g/mol. The van der Waals surface area contributed by atoms with Crippen LogP contribution in [0.25, 0.3) is 0 Å². The Hall–Kier alpha value is -3.32. The minimum absolute atomic E-state index is 0.255. The number of rotatable bonds is 8. The van der Waals surface area contributed by atoms with Crippen LogP contribution in [0.3, 0.4) is 0 Å². The van der Waals surface area contributed by atoms with Crippen LogP contribution < -0.4 is 21.1 Å². The van der Waals surface area contributed by atoms with Crippen molar-refractivity contribution < 1.29 is 14.3 Å². The molecule has 0 aliphatic carbocycles. The van der Waals surface area contributed by atoms with Gasteiger partial charge in [0.15, 0.2) is 0 Å². The first-order valence-corrected chi connectivity index (χ1v) is 9.62. The number of primary amides is 1. The first-order chi connectivity index (χ1) is 13.5. The molecule has 144 valence electrons. The Bertz CT molecular complexity index is 939. The fourth-order valence-corrected chi connectivity index (χ4v) is 3.32. The molecular formula is C21H21N3O3S.